The quantitative estimate of drug-likeness (QED) is 0.645. The molecule has 0 saturated carbocycles. The van der Waals surface area contributed by atoms with E-state index in [-0.39, 0.29) is 11.7 Å². The summed E-state index contributed by atoms with van der Waals surface area (Å²) in [5.74, 6) is 0. The van der Waals surface area contributed by atoms with Gasteiger partial charge in [0.1, 0.15) is 0 Å². The average Bonchev–Trinajstić information content (AvgIpc) is 3.19. The van der Waals surface area contributed by atoms with Crippen molar-refractivity contribution in [3.63, 3.8) is 0 Å². The summed E-state index contributed by atoms with van der Waals surface area (Å²) < 4.78 is 5.69. The number of aromatic nitrogens is 1. The molecule has 1 fully saturated rings. The number of aromatic amines is 1. The molecule has 1 unspecified atom stereocenters. The lowest BCUT2D eigenvalue weighted by atomic mass is 10.1. The summed E-state index contributed by atoms with van der Waals surface area (Å²) in [5, 5.41) is 5.08. The van der Waals surface area contributed by atoms with Crippen molar-refractivity contribution in [1.82, 2.24) is 20.1 Å². The van der Waals surface area contributed by atoms with Crippen molar-refractivity contribution in [2.45, 2.75) is 38.8 Å². The van der Waals surface area contributed by atoms with E-state index in [0.29, 0.717) is 11.7 Å². The van der Waals surface area contributed by atoms with E-state index in [2.05, 4.69) is 46.3 Å². The van der Waals surface area contributed by atoms with Crippen LogP contribution in [0.1, 0.15) is 30.4 Å². The molecule has 6 nitrogen and oxygen atoms in total. The first-order chi connectivity index (χ1) is 13.9. The minimum atomic E-state index is -0.0531. The predicted octanol–water partition coefficient (Wildman–Crippen LogP) is 2.64. The third kappa shape index (κ3) is 6.26. The van der Waals surface area contributed by atoms with E-state index < -0.39 is 0 Å². The number of rotatable bonds is 8. The van der Waals surface area contributed by atoms with Crippen molar-refractivity contribution in [1.29, 1.82) is 0 Å². The topological polar surface area (TPSA) is 60.6 Å². The minimum absolute atomic E-state index is 0.0531. The highest BCUT2D eigenvalue weighted by Crippen LogP contribution is 2.15. The Morgan fingerprint density at radius 2 is 2.14 bits per heavy atom. The van der Waals surface area contributed by atoms with Crippen molar-refractivity contribution in [3.05, 3.63) is 45.7 Å². The number of hydrogen-bond acceptors (Lipinski definition) is 4. The summed E-state index contributed by atoms with van der Waals surface area (Å²) in [6.07, 6.45) is 3.38. The van der Waals surface area contributed by atoms with E-state index in [1.807, 2.05) is 19.1 Å². The van der Waals surface area contributed by atoms with Crippen LogP contribution >= 0.6 is 12.2 Å². The molecule has 1 saturated heterocycles. The molecule has 1 aromatic heterocycles. The summed E-state index contributed by atoms with van der Waals surface area (Å²) in [7, 11) is 4.13. The number of fused-ring (bicyclic) bond motifs is 1. The summed E-state index contributed by atoms with van der Waals surface area (Å²) in [4.78, 5) is 20.0. The van der Waals surface area contributed by atoms with Crippen LogP contribution in [-0.4, -0.2) is 66.3 Å². The Bertz CT molecular complexity index is 890. The number of ether oxygens (including phenoxy) is 1. The van der Waals surface area contributed by atoms with Gasteiger partial charge in [0.25, 0.3) is 5.56 Å². The highest BCUT2D eigenvalue weighted by atomic mass is 32.1. The zero-order valence-corrected chi connectivity index (χ0v) is 18.5. The number of benzene rings is 1. The van der Waals surface area contributed by atoms with E-state index in [9.17, 15) is 4.79 Å². The van der Waals surface area contributed by atoms with Gasteiger partial charge < -0.3 is 24.8 Å². The normalized spacial score (nSPS) is 16.5. The molecule has 158 valence electrons. The molecule has 2 N–H and O–H groups in total. The summed E-state index contributed by atoms with van der Waals surface area (Å²) >= 11 is 5.68. The molecule has 2 aromatic rings. The Hall–Kier alpha value is -1.96. The standard InChI is InChI=1S/C22H32N4O2S/c1-16-7-8-17-13-18(21(27)24-20(17)12-16)15-26(10-5-9-25(2)3)22(29)23-14-19-6-4-11-28-19/h7-8,12-13,19H,4-6,9-11,14-15H2,1-3H3,(H,23,29)(H,24,27). The van der Waals surface area contributed by atoms with Gasteiger partial charge in [-0.25, -0.2) is 0 Å². The molecule has 0 amide bonds. The van der Waals surface area contributed by atoms with Crippen molar-refractivity contribution >= 4 is 28.2 Å². The number of thiocarbonyl (C=S) groups is 1. The molecule has 0 aliphatic carbocycles. The zero-order valence-electron chi connectivity index (χ0n) is 17.7. The van der Waals surface area contributed by atoms with Gasteiger partial charge in [-0.05, 0) is 82.1 Å². The molecule has 0 spiro atoms. The fourth-order valence-electron chi connectivity index (χ4n) is 3.63. The number of hydrogen-bond donors (Lipinski definition) is 2. The van der Waals surface area contributed by atoms with E-state index in [1.54, 1.807) is 0 Å². The largest absolute Gasteiger partial charge is 0.376 e. The zero-order chi connectivity index (χ0) is 20.8. The van der Waals surface area contributed by atoms with Crippen LogP contribution in [0.4, 0.5) is 0 Å². The molecular formula is C22H32N4O2S. The van der Waals surface area contributed by atoms with Gasteiger partial charge in [0, 0.05) is 30.8 Å². The predicted molar refractivity (Wildman–Crippen MR) is 122 cm³/mol. The Labute approximate surface area is 178 Å². The van der Waals surface area contributed by atoms with Gasteiger partial charge in [0.2, 0.25) is 0 Å². The summed E-state index contributed by atoms with van der Waals surface area (Å²) in [5.41, 5.74) is 2.68. The number of nitrogens with zero attached hydrogens (tertiary/aromatic N) is 2. The van der Waals surface area contributed by atoms with Crippen LogP contribution < -0.4 is 10.9 Å². The van der Waals surface area contributed by atoms with Crippen molar-refractivity contribution in [2.75, 3.05) is 40.3 Å². The smallest absolute Gasteiger partial charge is 0.253 e. The Morgan fingerprint density at radius 3 is 2.86 bits per heavy atom. The first-order valence-corrected chi connectivity index (χ1v) is 10.7. The third-order valence-corrected chi connectivity index (χ3v) is 5.67. The SMILES string of the molecule is Cc1ccc2cc(CN(CCCN(C)C)C(=S)NCC3CCCO3)c(=O)[nH]c2c1. The fourth-order valence-corrected chi connectivity index (χ4v) is 3.87. The molecule has 29 heavy (non-hydrogen) atoms. The van der Waals surface area contributed by atoms with Crippen LogP contribution in [0.3, 0.4) is 0 Å². The maximum absolute atomic E-state index is 12.7. The molecule has 1 aliphatic rings. The second-order valence-corrected chi connectivity index (χ2v) is 8.50. The lowest BCUT2D eigenvalue weighted by molar-refractivity contribution is 0.113. The van der Waals surface area contributed by atoms with Gasteiger partial charge >= 0.3 is 0 Å². The second kappa shape index (κ2) is 10.2. The van der Waals surface area contributed by atoms with E-state index >= 15 is 0 Å². The molecule has 1 aromatic carbocycles. The first kappa shape index (κ1) is 21.7. The maximum atomic E-state index is 12.7. The molecule has 0 radical (unpaired) electrons. The first-order valence-electron chi connectivity index (χ1n) is 10.3. The van der Waals surface area contributed by atoms with Gasteiger partial charge in [-0.1, -0.05) is 12.1 Å². The van der Waals surface area contributed by atoms with Gasteiger partial charge in [0.15, 0.2) is 5.11 Å². The number of H-pyrrole nitrogens is 1. The lowest BCUT2D eigenvalue weighted by Gasteiger charge is -2.27. The van der Waals surface area contributed by atoms with Crippen LogP contribution in [0.5, 0.6) is 0 Å². The molecule has 7 heteroatoms. The highest BCUT2D eigenvalue weighted by Gasteiger charge is 2.18. The van der Waals surface area contributed by atoms with Gasteiger partial charge in [-0.15, -0.1) is 0 Å². The summed E-state index contributed by atoms with van der Waals surface area (Å²) in [6.45, 7) is 5.83. The van der Waals surface area contributed by atoms with Crippen molar-refractivity contribution in [2.24, 2.45) is 0 Å². The number of nitrogens with one attached hydrogen (secondary N) is 2. The lowest BCUT2D eigenvalue weighted by Crippen LogP contribution is -2.43. The van der Waals surface area contributed by atoms with Gasteiger partial charge in [-0.3, -0.25) is 4.79 Å². The van der Waals surface area contributed by atoms with Crippen LogP contribution in [-0.2, 0) is 11.3 Å². The number of pyridine rings is 1. The summed E-state index contributed by atoms with van der Waals surface area (Å²) in [6, 6.07) is 8.10. The fraction of sp³-hybridized carbons (Fsp3) is 0.545. The van der Waals surface area contributed by atoms with Crippen LogP contribution in [0, 0.1) is 6.92 Å². The molecule has 1 atom stereocenters. The van der Waals surface area contributed by atoms with E-state index in [0.717, 1.165) is 67.5 Å². The Kier molecular flexibility index (Phi) is 7.64. The molecule has 2 heterocycles. The highest BCUT2D eigenvalue weighted by molar-refractivity contribution is 7.80. The Morgan fingerprint density at radius 1 is 1.31 bits per heavy atom. The third-order valence-electron chi connectivity index (χ3n) is 5.27. The van der Waals surface area contributed by atoms with E-state index in [4.69, 9.17) is 17.0 Å². The second-order valence-electron chi connectivity index (χ2n) is 8.11. The van der Waals surface area contributed by atoms with Crippen molar-refractivity contribution in [3.8, 4) is 0 Å². The van der Waals surface area contributed by atoms with Crippen LogP contribution in [0.2, 0.25) is 0 Å². The molecule has 3 rings (SSSR count). The van der Waals surface area contributed by atoms with Crippen LogP contribution in [0.25, 0.3) is 10.9 Å². The molecule has 1 aliphatic heterocycles. The van der Waals surface area contributed by atoms with Gasteiger partial charge in [0.05, 0.1) is 12.6 Å². The van der Waals surface area contributed by atoms with Crippen molar-refractivity contribution < 1.29 is 4.74 Å². The maximum Gasteiger partial charge on any atom is 0.253 e. The average molecular weight is 417 g/mol. The molecular weight excluding hydrogens is 384 g/mol. The number of aryl methyl sites for hydroxylation is 1. The molecule has 0 bridgehead atoms. The van der Waals surface area contributed by atoms with Crippen LogP contribution in [0.15, 0.2) is 29.1 Å². The monoisotopic (exact) mass is 416 g/mol. The minimum Gasteiger partial charge on any atom is -0.376 e. The van der Waals surface area contributed by atoms with E-state index in [1.165, 1.54) is 0 Å². The van der Waals surface area contributed by atoms with Gasteiger partial charge in [-0.2, -0.15) is 0 Å². The Balaban J connectivity index is 1.73.